The lowest BCUT2D eigenvalue weighted by atomic mass is 10.0. The lowest BCUT2D eigenvalue weighted by molar-refractivity contribution is 0.663. The monoisotopic (exact) mass is 938 g/mol. The fraction of sp³-hybridized carbons (Fsp3) is 0. The van der Waals surface area contributed by atoms with E-state index in [1.54, 1.807) is 0 Å². The second-order valence-electron chi connectivity index (χ2n) is 18.8. The van der Waals surface area contributed by atoms with Gasteiger partial charge in [0, 0.05) is 80.6 Å². The summed E-state index contributed by atoms with van der Waals surface area (Å²) in [6.07, 6.45) is 0. The smallest absolute Gasteiger partial charge is 0.147 e. The molecule has 16 rings (SSSR count). The van der Waals surface area contributed by atoms with Gasteiger partial charge in [0.15, 0.2) is 0 Å². The molecule has 0 radical (unpaired) electrons. The van der Waals surface area contributed by atoms with Crippen LogP contribution in [0.4, 0.5) is 17.1 Å². The number of nitrogens with zero attached hydrogens (tertiary/aromatic N) is 2. The molecule has 0 aliphatic heterocycles. The Morgan fingerprint density at radius 1 is 0.333 bits per heavy atom. The van der Waals surface area contributed by atoms with E-state index in [2.05, 4.69) is 228 Å². The Bertz CT molecular complexity index is 4880. The molecule has 0 saturated carbocycles. The molecule has 0 saturated heterocycles. The molecule has 0 spiro atoms. The molecule has 0 N–H and O–H groups in total. The highest BCUT2D eigenvalue weighted by Crippen LogP contribution is 2.46. The van der Waals surface area contributed by atoms with Crippen LogP contribution in [0.1, 0.15) is 0 Å². The lowest BCUT2D eigenvalue weighted by Crippen LogP contribution is -2.09. The first-order valence-electron chi connectivity index (χ1n) is 24.3. The first kappa shape index (κ1) is 39.5. The first-order valence-corrected chi connectivity index (χ1v) is 25.1. The normalized spacial score (nSPS) is 12.2. The minimum Gasteiger partial charge on any atom is -0.456 e. The molecule has 0 unspecified atom stereocenters. The quantitative estimate of drug-likeness (QED) is 0.167. The second-order valence-corrected chi connectivity index (χ2v) is 19.8. The Morgan fingerprint density at radius 2 is 0.917 bits per heavy atom. The Balaban J connectivity index is 0.846. The molecule has 72 heavy (non-hydrogen) atoms. The third kappa shape index (κ3) is 5.81. The van der Waals surface area contributed by atoms with Gasteiger partial charge in [-0.05, 0) is 131 Å². The van der Waals surface area contributed by atoms with Crippen LogP contribution >= 0.6 is 11.3 Å². The maximum Gasteiger partial charge on any atom is 0.147 e. The molecule has 6 heteroatoms. The number of para-hydroxylation sites is 3. The largest absolute Gasteiger partial charge is 0.456 e. The van der Waals surface area contributed by atoms with Crippen molar-refractivity contribution in [2.75, 3.05) is 4.90 Å². The molecule has 16 aromatic rings. The number of aromatic nitrogens is 1. The van der Waals surface area contributed by atoms with Crippen molar-refractivity contribution in [1.29, 1.82) is 0 Å². The van der Waals surface area contributed by atoms with E-state index in [0.717, 1.165) is 99.7 Å². The van der Waals surface area contributed by atoms with Crippen molar-refractivity contribution in [3.63, 3.8) is 0 Å². The van der Waals surface area contributed by atoms with Gasteiger partial charge < -0.3 is 22.7 Å². The van der Waals surface area contributed by atoms with Crippen LogP contribution in [0.25, 0.3) is 136 Å². The van der Waals surface area contributed by atoms with Crippen molar-refractivity contribution in [2.24, 2.45) is 0 Å². The number of anilines is 3. The Kier molecular flexibility index (Phi) is 8.26. The summed E-state index contributed by atoms with van der Waals surface area (Å²) >= 11 is 1.86. The minimum atomic E-state index is 0.783. The minimum absolute atomic E-state index is 0.783. The van der Waals surface area contributed by atoms with Gasteiger partial charge >= 0.3 is 0 Å². The molecule has 0 atom stereocenters. The van der Waals surface area contributed by atoms with E-state index in [1.807, 2.05) is 23.5 Å². The lowest BCUT2D eigenvalue weighted by Gasteiger charge is -2.26. The molecule has 0 aliphatic rings. The summed E-state index contributed by atoms with van der Waals surface area (Å²) in [4.78, 5) is 2.34. The van der Waals surface area contributed by atoms with Crippen LogP contribution in [0.15, 0.2) is 244 Å². The van der Waals surface area contributed by atoms with Gasteiger partial charge in [0.05, 0.1) is 16.4 Å². The van der Waals surface area contributed by atoms with Crippen LogP contribution in [-0.4, -0.2) is 4.57 Å². The Hall–Kier alpha value is -9.36. The van der Waals surface area contributed by atoms with Gasteiger partial charge in [-0.2, -0.15) is 0 Å². The van der Waals surface area contributed by atoms with Crippen molar-refractivity contribution in [1.82, 2.24) is 4.57 Å². The summed E-state index contributed by atoms with van der Waals surface area (Å²) in [5.74, 6) is 0. The average molecular weight is 939 g/mol. The number of fused-ring (bicyclic) bond motifs is 16. The number of benzene rings is 11. The second kappa shape index (κ2) is 15.1. The topological polar surface area (TPSA) is 47.6 Å². The van der Waals surface area contributed by atoms with Crippen LogP contribution < -0.4 is 4.90 Å². The number of rotatable bonds is 6. The van der Waals surface area contributed by atoms with Gasteiger partial charge in [-0.3, -0.25) is 0 Å². The zero-order chi connectivity index (χ0) is 47.0. The molecular weight excluding hydrogens is 901 g/mol. The summed E-state index contributed by atoms with van der Waals surface area (Å²) in [5.41, 5.74) is 16.2. The number of hydrogen-bond acceptors (Lipinski definition) is 5. The van der Waals surface area contributed by atoms with Gasteiger partial charge in [0.1, 0.15) is 33.5 Å². The highest BCUT2D eigenvalue weighted by Gasteiger charge is 2.22. The number of thiophene rings is 1. The van der Waals surface area contributed by atoms with Gasteiger partial charge in [0.25, 0.3) is 0 Å². The maximum atomic E-state index is 6.88. The van der Waals surface area contributed by atoms with E-state index < -0.39 is 0 Å². The molecule has 0 bridgehead atoms. The number of hydrogen-bond donors (Lipinski definition) is 0. The summed E-state index contributed by atoms with van der Waals surface area (Å²) in [6, 6.07) is 82.5. The molecule has 0 amide bonds. The van der Waals surface area contributed by atoms with Gasteiger partial charge in [-0.15, -0.1) is 11.3 Å². The maximum absolute atomic E-state index is 6.88. The van der Waals surface area contributed by atoms with E-state index in [9.17, 15) is 0 Å². The van der Waals surface area contributed by atoms with E-state index in [-0.39, 0.29) is 0 Å². The summed E-state index contributed by atoms with van der Waals surface area (Å²) in [5, 5.41) is 11.3. The van der Waals surface area contributed by atoms with Crippen molar-refractivity contribution in [2.45, 2.75) is 0 Å². The third-order valence-electron chi connectivity index (χ3n) is 14.8. The molecule has 0 fully saturated rings. The fourth-order valence-electron chi connectivity index (χ4n) is 11.5. The van der Waals surface area contributed by atoms with Crippen molar-refractivity contribution in [3.8, 4) is 27.9 Å². The molecule has 336 valence electrons. The van der Waals surface area contributed by atoms with Gasteiger partial charge in [0.2, 0.25) is 0 Å². The zero-order valence-corrected chi connectivity index (χ0v) is 39.3. The van der Waals surface area contributed by atoms with Crippen LogP contribution in [0.5, 0.6) is 0 Å². The van der Waals surface area contributed by atoms with E-state index in [0.29, 0.717) is 0 Å². The van der Waals surface area contributed by atoms with E-state index in [1.165, 1.54) is 53.1 Å². The highest BCUT2D eigenvalue weighted by molar-refractivity contribution is 7.26. The predicted octanol–water partition coefficient (Wildman–Crippen LogP) is 19.7. The van der Waals surface area contributed by atoms with Gasteiger partial charge in [-0.25, -0.2) is 0 Å². The van der Waals surface area contributed by atoms with Crippen molar-refractivity contribution in [3.05, 3.63) is 231 Å². The predicted molar refractivity (Wildman–Crippen MR) is 301 cm³/mol. The summed E-state index contributed by atoms with van der Waals surface area (Å²) in [6.45, 7) is 0. The standard InChI is InChI=1S/C66H38N2O3S/c1-2-11-42(12-3-1)68-56-18-7-4-13-47(56)48-29-23-41(36-57(48)68)40-24-31-60-53(35-40)51-30-34-62-64(65(51)71-60)55-38-45(28-33-61(55)70-62)67(44-27-32-59-54(37-44)49-14-5-8-19-58(49)69-59)43-25-21-39(22-26-43)46-16-10-17-52-50-15-6-9-20-63(50)72-66(46)52/h1-38H. The third-order valence-corrected chi connectivity index (χ3v) is 16.0. The average Bonchev–Trinajstić information content (AvgIpc) is 4.26. The van der Waals surface area contributed by atoms with Crippen molar-refractivity contribution >= 4 is 136 Å². The molecule has 11 aromatic carbocycles. The van der Waals surface area contributed by atoms with Crippen molar-refractivity contribution < 1.29 is 13.3 Å². The molecule has 5 aromatic heterocycles. The molecule has 5 nitrogen and oxygen atoms in total. The van der Waals surface area contributed by atoms with Crippen LogP contribution in [0, 0.1) is 0 Å². The summed E-state index contributed by atoms with van der Waals surface area (Å²) < 4.78 is 24.8. The first-order chi connectivity index (χ1) is 35.7. The van der Waals surface area contributed by atoms with E-state index >= 15 is 0 Å². The Morgan fingerprint density at radius 3 is 1.79 bits per heavy atom. The zero-order valence-electron chi connectivity index (χ0n) is 38.5. The van der Waals surface area contributed by atoms with Gasteiger partial charge in [-0.1, -0.05) is 121 Å². The Labute approximate surface area is 415 Å². The fourth-order valence-corrected chi connectivity index (χ4v) is 12.7. The van der Waals surface area contributed by atoms with Crippen LogP contribution in [0.2, 0.25) is 0 Å². The molecular formula is C66H38N2O3S. The van der Waals surface area contributed by atoms with Crippen LogP contribution in [0.3, 0.4) is 0 Å². The molecule has 0 aliphatic carbocycles. The van der Waals surface area contributed by atoms with Crippen LogP contribution in [-0.2, 0) is 0 Å². The molecule has 5 heterocycles. The van der Waals surface area contributed by atoms with E-state index in [4.69, 9.17) is 13.3 Å². The number of furan rings is 3. The SMILES string of the molecule is c1ccc(-n2c3ccccc3c3ccc(-c4ccc5oc6c(ccc7oc8ccc(N(c9ccc(-c%10cccc%11c%10sc%10ccccc%10%11)cc9)c9ccc%10oc%11ccccc%11c%10c9)cc8c76)c5c4)cc32)cc1. The highest BCUT2D eigenvalue weighted by atomic mass is 32.1. The summed E-state index contributed by atoms with van der Waals surface area (Å²) in [7, 11) is 0.